The maximum absolute atomic E-state index is 12.6. The SMILES string of the molecule is CNc1ccc(C#N)c(-c2cc(=O)n(C(CCOC)C(=O)O)cc2OC)c1.Cl. The zero-order valence-corrected chi connectivity index (χ0v) is 16.6. The summed E-state index contributed by atoms with van der Waals surface area (Å²) in [5.74, 6) is -0.845. The van der Waals surface area contributed by atoms with E-state index >= 15 is 0 Å². The first-order valence-corrected chi connectivity index (χ1v) is 8.21. The number of anilines is 1. The number of nitriles is 1. The van der Waals surface area contributed by atoms with Gasteiger partial charge in [0.1, 0.15) is 11.8 Å². The van der Waals surface area contributed by atoms with Crippen LogP contribution in [0.1, 0.15) is 18.0 Å². The van der Waals surface area contributed by atoms with Gasteiger partial charge in [0, 0.05) is 50.1 Å². The van der Waals surface area contributed by atoms with Crippen molar-refractivity contribution in [2.24, 2.45) is 0 Å². The molecule has 28 heavy (non-hydrogen) atoms. The second kappa shape index (κ2) is 10.3. The standard InChI is InChI=1S/C19H21N3O5.ClH/c1-21-13-5-4-12(10-20)14(8-13)15-9-18(23)22(11-17(15)27-3)16(19(24)25)6-7-26-2;/h4-5,8-9,11,16,21H,6-7H2,1-3H3,(H,24,25);1H. The van der Waals surface area contributed by atoms with Crippen molar-refractivity contribution in [1.82, 2.24) is 4.57 Å². The molecule has 0 aliphatic carbocycles. The van der Waals surface area contributed by atoms with Crippen molar-refractivity contribution in [3.05, 3.63) is 46.4 Å². The fourth-order valence-corrected chi connectivity index (χ4v) is 2.78. The number of carbonyl (C=O) groups is 1. The number of carboxylic acids is 1. The van der Waals surface area contributed by atoms with Crippen molar-refractivity contribution in [3.63, 3.8) is 0 Å². The van der Waals surface area contributed by atoms with E-state index < -0.39 is 17.6 Å². The van der Waals surface area contributed by atoms with E-state index in [-0.39, 0.29) is 25.4 Å². The minimum absolute atomic E-state index is 0. The molecule has 0 fully saturated rings. The smallest absolute Gasteiger partial charge is 0.326 e. The van der Waals surface area contributed by atoms with Crippen molar-refractivity contribution in [3.8, 4) is 22.9 Å². The van der Waals surface area contributed by atoms with E-state index in [1.807, 2.05) is 0 Å². The molecule has 150 valence electrons. The van der Waals surface area contributed by atoms with Crippen molar-refractivity contribution in [2.75, 3.05) is 33.2 Å². The molecule has 2 N–H and O–H groups in total. The summed E-state index contributed by atoms with van der Waals surface area (Å²) < 4.78 is 11.4. The topological polar surface area (TPSA) is 114 Å². The predicted octanol–water partition coefficient (Wildman–Crippen LogP) is 2.52. The van der Waals surface area contributed by atoms with E-state index in [0.717, 1.165) is 10.3 Å². The molecule has 0 radical (unpaired) electrons. The molecule has 2 aromatic rings. The summed E-state index contributed by atoms with van der Waals surface area (Å²) in [6.45, 7) is 0.191. The largest absolute Gasteiger partial charge is 0.495 e. The molecule has 0 amide bonds. The molecule has 0 aliphatic heterocycles. The molecule has 0 aliphatic rings. The molecule has 1 heterocycles. The third-order valence-corrected chi connectivity index (χ3v) is 4.20. The zero-order valence-electron chi connectivity index (χ0n) is 15.8. The van der Waals surface area contributed by atoms with Crippen molar-refractivity contribution < 1.29 is 19.4 Å². The average Bonchev–Trinajstić information content (AvgIpc) is 2.68. The Balaban J connectivity index is 0.00000392. The van der Waals surface area contributed by atoms with Crippen LogP contribution < -0.4 is 15.6 Å². The highest BCUT2D eigenvalue weighted by Crippen LogP contribution is 2.33. The number of aromatic nitrogens is 1. The molecule has 0 saturated carbocycles. The molecule has 9 heteroatoms. The Morgan fingerprint density at radius 3 is 2.57 bits per heavy atom. The maximum Gasteiger partial charge on any atom is 0.326 e. The molecule has 0 saturated heterocycles. The number of nitrogens with one attached hydrogen (secondary N) is 1. The highest BCUT2D eigenvalue weighted by atomic mass is 35.5. The molecule has 1 aromatic heterocycles. The fraction of sp³-hybridized carbons (Fsp3) is 0.316. The van der Waals surface area contributed by atoms with Crippen LogP contribution in [0.25, 0.3) is 11.1 Å². The summed E-state index contributed by atoms with van der Waals surface area (Å²) in [4.78, 5) is 24.2. The minimum Gasteiger partial charge on any atom is -0.495 e. The molecule has 1 aromatic carbocycles. The van der Waals surface area contributed by atoms with Gasteiger partial charge in [0.05, 0.1) is 24.9 Å². The van der Waals surface area contributed by atoms with Crippen molar-refractivity contribution >= 4 is 24.1 Å². The van der Waals surface area contributed by atoms with E-state index in [4.69, 9.17) is 9.47 Å². The third kappa shape index (κ3) is 4.82. The number of methoxy groups -OCH3 is 2. The van der Waals surface area contributed by atoms with E-state index in [0.29, 0.717) is 22.4 Å². The van der Waals surface area contributed by atoms with Gasteiger partial charge < -0.3 is 19.9 Å². The number of pyridine rings is 1. The van der Waals surface area contributed by atoms with Crippen LogP contribution in [0.5, 0.6) is 5.75 Å². The van der Waals surface area contributed by atoms with Crippen LogP contribution in [0.4, 0.5) is 5.69 Å². The summed E-state index contributed by atoms with van der Waals surface area (Å²) in [6, 6.07) is 7.43. The number of rotatable bonds is 8. The van der Waals surface area contributed by atoms with E-state index in [2.05, 4.69) is 11.4 Å². The van der Waals surface area contributed by atoms with Gasteiger partial charge in [0.2, 0.25) is 0 Å². The highest BCUT2D eigenvalue weighted by Gasteiger charge is 2.23. The second-order valence-electron chi connectivity index (χ2n) is 5.76. The van der Waals surface area contributed by atoms with Gasteiger partial charge in [0.15, 0.2) is 0 Å². The molecule has 1 atom stereocenters. The molecule has 2 rings (SSSR count). The lowest BCUT2D eigenvalue weighted by Gasteiger charge is -2.18. The Morgan fingerprint density at radius 2 is 2.04 bits per heavy atom. The van der Waals surface area contributed by atoms with Gasteiger partial charge in [-0.05, 0) is 18.2 Å². The lowest BCUT2D eigenvalue weighted by Crippen LogP contribution is -2.30. The Labute approximate surface area is 168 Å². The lowest BCUT2D eigenvalue weighted by molar-refractivity contribution is -0.141. The van der Waals surface area contributed by atoms with Crippen molar-refractivity contribution in [1.29, 1.82) is 5.26 Å². The summed E-state index contributed by atoms with van der Waals surface area (Å²) >= 11 is 0. The van der Waals surface area contributed by atoms with Gasteiger partial charge in [-0.3, -0.25) is 9.36 Å². The van der Waals surface area contributed by atoms with E-state index in [1.165, 1.54) is 26.5 Å². The Bertz CT molecular complexity index is 936. The van der Waals surface area contributed by atoms with Crippen LogP contribution in [0.3, 0.4) is 0 Å². The lowest BCUT2D eigenvalue weighted by atomic mass is 9.99. The summed E-state index contributed by atoms with van der Waals surface area (Å²) in [5, 5.41) is 21.9. The summed E-state index contributed by atoms with van der Waals surface area (Å²) in [5.41, 5.74) is 1.57. The molecule has 0 bridgehead atoms. The van der Waals surface area contributed by atoms with Gasteiger partial charge in [-0.1, -0.05) is 0 Å². The molecule has 0 spiro atoms. The minimum atomic E-state index is -1.14. The molecular weight excluding hydrogens is 386 g/mol. The number of halogens is 1. The summed E-state index contributed by atoms with van der Waals surface area (Å²) in [6.07, 6.45) is 1.49. The van der Waals surface area contributed by atoms with Crippen molar-refractivity contribution in [2.45, 2.75) is 12.5 Å². The summed E-state index contributed by atoms with van der Waals surface area (Å²) in [7, 11) is 4.63. The zero-order chi connectivity index (χ0) is 20.0. The number of benzene rings is 1. The van der Waals surface area contributed by atoms with Crippen LogP contribution in [0, 0.1) is 11.3 Å². The number of hydrogen-bond donors (Lipinski definition) is 2. The third-order valence-electron chi connectivity index (χ3n) is 4.20. The van der Waals surface area contributed by atoms with E-state index in [9.17, 15) is 20.0 Å². The highest BCUT2D eigenvalue weighted by molar-refractivity contribution is 5.85. The Morgan fingerprint density at radius 1 is 1.32 bits per heavy atom. The number of carboxylic acid groups (broad SMARTS) is 1. The number of hydrogen-bond acceptors (Lipinski definition) is 6. The second-order valence-corrected chi connectivity index (χ2v) is 5.76. The maximum atomic E-state index is 12.6. The fourth-order valence-electron chi connectivity index (χ4n) is 2.78. The number of aliphatic carboxylic acids is 1. The van der Waals surface area contributed by atoms with E-state index in [1.54, 1.807) is 25.2 Å². The van der Waals surface area contributed by atoms with Gasteiger partial charge in [-0.15, -0.1) is 12.4 Å². The van der Waals surface area contributed by atoms with Crippen LogP contribution in [0.15, 0.2) is 35.3 Å². The van der Waals surface area contributed by atoms with Gasteiger partial charge in [-0.25, -0.2) is 4.79 Å². The number of nitrogens with zero attached hydrogens (tertiary/aromatic N) is 2. The first-order valence-electron chi connectivity index (χ1n) is 8.21. The average molecular weight is 408 g/mol. The normalized spacial score (nSPS) is 11.1. The van der Waals surface area contributed by atoms with Crippen LogP contribution in [0.2, 0.25) is 0 Å². The first-order chi connectivity index (χ1) is 13.0. The van der Waals surface area contributed by atoms with Crippen LogP contribution >= 0.6 is 12.4 Å². The Kier molecular flexibility index (Phi) is 8.51. The van der Waals surface area contributed by atoms with Crippen LogP contribution in [-0.2, 0) is 9.53 Å². The van der Waals surface area contributed by atoms with Gasteiger partial charge in [0.25, 0.3) is 5.56 Å². The molecule has 8 nitrogen and oxygen atoms in total. The van der Waals surface area contributed by atoms with Gasteiger partial charge >= 0.3 is 5.97 Å². The molecular formula is C19H22ClN3O5. The quantitative estimate of drug-likeness (QED) is 0.691. The molecule has 1 unspecified atom stereocenters. The monoisotopic (exact) mass is 407 g/mol. The predicted molar refractivity (Wildman–Crippen MR) is 107 cm³/mol. The first kappa shape index (κ1) is 23.0. The van der Waals surface area contributed by atoms with Gasteiger partial charge in [-0.2, -0.15) is 5.26 Å². The van der Waals surface area contributed by atoms with Crippen LogP contribution in [-0.4, -0.2) is 43.5 Å². The Hall–Kier alpha value is -3.02. The number of ether oxygens (including phenoxy) is 2.